The van der Waals surface area contributed by atoms with Gasteiger partial charge in [-0.15, -0.1) is 12.3 Å². The molecule has 0 amide bonds. The lowest BCUT2D eigenvalue weighted by Crippen LogP contribution is -2.36. The molecule has 2 aromatic rings. The van der Waals surface area contributed by atoms with Crippen molar-refractivity contribution in [2.24, 2.45) is 5.73 Å². The molecule has 2 aromatic carbocycles. The molecule has 0 heterocycles. The van der Waals surface area contributed by atoms with E-state index in [0.717, 1.165) is 16.7 Å². The van der Waals surface area contributed by atoms with Crippen molar-refractivity contribution >= 4 is 5.57 Å². The maximum atomic E-state index is 12.9. The molecule has 2 nitrogen and oxygen atoms in total. The molecule has 0 fully saturated rings. The van der Waals surface area contributed by atoms with Gasteiger partial charge in [-0.2, -0.15) is 0 Å². The average molecular weight is 309 g/mol. The summed E-state index contributed by atoms with van der Waals surface area (Å²) in [6.45, 7) is 6.29. The molecule has 1 atom stereocenters. The third-order valence-corrected chi connectivity index (χ3v) is 3.66. The van der Waals surface area contributed by atoms with Crippen molar-refractivity contribution in [1.29, 1.82) is 0 Å². The first-order valence-corrected chi connectivity index (χ1v) is 7.32. The Bertz CT molecular complexity index is 726. The third-order valence-electron chi connectivity index (χ3n) is 3.66. The molecule has 23 heavy (non-hydrogen) atoms. The first-order chi connectivity index (χ1) is 10.9. The van der Waals surface area contributed by atoms with Crippen molar-refractivity contribution in [3.63, 3.8) is 0 Å². The molecular formula is C20H20FNO. The van der Waals surface area contributed by atoms with Gasteiger partial charge in [0.1, 0.15) is 18.2 Å². The molecule has 2 N–H and O–H groups in total. The van der Waals surface area contributed by atoms with E-state index in [0.29, 0.717) is 18.8 Å². The molecular weight excluding hydrogens is 289 g/mol. The van der Waals surface area contributed by atoms with E-state index in [1.807, 2.05) is 31.2 Å². The normalized spacial score (nSPS) is 13.0. The summed E-state index contributed by atoms with van der Waals surface area (Å²) in [6.07, 6.45) is 5.77. The number of halogens is 1. The molecule has 0 aliphatic carbocycles. The van der Waals surface area contributed by atoms with Crippen molar-refractivity contribution in [3.05, 3.63) is 72.1 Å². The van der Waals surface area contributed by atoms with Gasteiger partial charge < -0.3 is 10.5 Å². The van der Waals surface area contributed by atoms with Crippen molar-refractivity contribution in [2.45, 2.75) is 25.5 Å². The van der Waals surface area contributed by atoms with Crippen LogP contribution in [0.3, 0.4) is 0 Å². The second-order valence-electron chi connectivity index (χ2n) is 5.72. The fourth-order valence-electron chi connectivity index (χ4n) is 2.17. The summed E-state index contributed by atoms with van der Waals surface area (Å²) in [5.74, 6) is 3.01. The van der Waals surface area contributed by atoms with Gasteiger partial charge >= 0.3 is 0 Å². The number of ether oxygens (including phenoxy) is 1. The average Bonchev–Trinajstić information content (AvgIpc) is 2.54. The first kappa shape index (κ1) is 16.8. The number of hydrogen-bond acceptors (Lipinski definition) is 2. The zero-order valence-corrected chi connectivity index (χ0v) is 13.2. The van der Waals surface area contributed by atoms with E-state index in [2.05, 4.69) is 12.5 Å². The van der Waals surface area contributed by atoms with Gasteiger partial charge in [0.05, 0.1) is 0 Å². The molecule has 0 radical (unpaired) electrons. The number of benzene rings is 2. The molecule has 118 valence electrons. The van der Waals surface area contributed by atoms with Crippen molar-refractivity contribution < 1.29 is 9.13 Å². The Hall–Kier alpha value is -2.57. The van der Waals surface area contributed by atoms with Crippen molar-refractivity contribution in [2.75, 3.05) is 0 Å². The number of nitrogens with two attached hydrogens (primary N) is 1. The van der Waals surface area contributed by atoms with E-state index in [-0.39, 0.29) is 5.82 Å². The summed E-state index contributed by atoms with van der Waals surface area (Å²) in [5.41, 5.74) is 8.10. The monoisotopic (exact) mass is 309 g/mol. The summed E-state index contributed by atoms with van der Waals surface area (Å²) in [7, 11) is 0. The lowest BCUT2D eigenvalue weighted by molar-refractivity contribution is 0.306. The molecule has 2 rings (SSSR count). The largest absolute Gasteiger partial charge is 0.489 e. The lowest BCUT2D eigenvalue weighted by Gasteiger charge is -2.25. The van der Waals surface area contributed by atoms with Crippen LogP contribution < -0.4 is 10.5 Å². The van der Waals surface area contributed by atoms with Crippen LogP contribution in [0.25, 0.3) is 5.57 Å². The van der Waals surface area contributed by atoms with Gasteiger partial charge in [-0.25, -0.2) is 4.39 Å². The molecule has 1 unspecified atom stereocenters. The molecule has 0 aliphatic rings. The van der Waals surface area contributed by atoms with E-state index in [1.54, 1.807) is 12.1 Å². The summed E-state index contributed by atoms with van der Waals surface area (Å²) < 4.78 is 18.6. The first-order valence-electron chi connectivity index (χ1n) is 7.32. The predicted molar refractivity (Wildman–Crippen MR) is 92.3 cm³/mol. The van der Waals surface area contributed by atoms with E-state index in [4.69, 9.17) is 16.9 Å². The van der Waals surface area contributed by atoms with Gasteiger partial charge in [-0.1, -0.05) is 30.8 Å². The highest BCUT2D eigenvalue weighted by Crippen LogP contribution is 2.28. The standard InChI is InChI=1S/C20H20FNO/c1-4-12-20(3,22)15(2)17-6-5-7-19(13-17)23-14-16-8-10-18(21)11-9-16/h1,5-11,13H,2,12,14,22H2,3H3. The van der Waals surface area contributed by atoms with Crippen LogP contribution in [-0.2, 0) is 6.61 Å². The van der Waals surface area contributed by atoms with Crippen molar-refractivity contribution in [3.8, 4) is 18.1 Å². The van der Waals surface area contributed by atoms with Crippen LogP contribution in [0.4, 0.5) is 4.39 Å². The smallest absolute Gasteiger partial charge is 0.123 e. The Balaban J connectivity index is 2.09. The Morgan fingerprint density at radius 1 is 1.30 bits per heavy atom. The van der Waals surface area contributed by atoms with Crippen LogP contribution in [0.5, 0.6) is 5.75 Å². The minimum absolute atomic E-state index is 0.261. The molecule has 0 aliphatic heterocycles. The Morgan fingerprint density at radius 3 is 2.65 bits per heavy atom. The van der Waals surface area contributed by atoms with E-state index < -0.39 is 5.54 Å². The van der Waals surface area contributed by atoms with E-state index in [1.165, 1.54) is 12.1 Å². The van der Waals surface area contributed by atoms with Gasteiger partial charge in [-0.05, 0) is 47.9 Å². The second kappa shape index (κ2) is 7.13. The number of rotatable bonds is 6. The van der Waals surface area contributed by atoms with Gasteiger partial charge in [0.2, 0.25) is 0 Å². The van der Waals surface area contributed by atoms with Gasteiger partial charge in [0.25, 0.3) is 0 Å². The minimum atomic E-state index is -0.662. The zero-order valence-electron chi connectivity index (χ0n) is 13.2. The predicted octanol–water partition coefficient (Wildman–Crippen LogP) is 4.16. The Morgan fingerprint density at radius 2 is 2.00 bits per heavy atom. The van der Waals surface area contributed by atoms with Crippen LogP contribution in [0, 0.1) is 18.2 Å². The molecule has 0 saturated heterocycles. The van der Waals surface area contributed by atoms with E-state index >= 15 is 0 Å². The SMILES string of the molecule is C#CCC(C)(N)C(=C)c1cccc(OCc2ccc(F)cc2)c1. The second-order valence-corrected chi connectivity index (χ2v) is 5.72. The van der Waals surface area contributed by atoms with Crippen LogP contribution >= 0.6 is 0 Å². The summed E-state index contributed by atoms with van der Waals surface area (Å²) in [4.78, 5) is 0. The van der Waals surface area contributed by atoms with Crippen LogP contribution in [0.2, 0.25) is 0 Å². The molecule has 0 spiro atoms. The van der Waals surface area contributed by atoms with E-state index in [9.17, 15) is 4.39 Å². The van der Waals surface area contributed by atoms with Gasteiger partial charge in [-0.3, -0.25) is 0 Å². The fraction of sp³-hybridized carbons (Fsp3) is 0.200. The lowest BCUT2D eigenvalue weighted by atomic mass is 9.86. The Labute approximate surface area is 136 Å². The zero-order chi connectivity index (χ0) is 16.9. The fourth-order valence-corrected chi connectivity index (χ4v) is 2.17. The van der Waals surface area contributed by atoms with Crippen LogP contribution in [-0.4, -0.2) is 5.54 Å². The Kier molecular flexibility index (Phi) is 5.20. The highest BCUT2D eigenvalue weighted by Gasteiger charge is 2.22. The molecule has 0 saturated carbocycles. The molecule has 0 bridgehead atoms. The van der Waals surface area contributed by atoms with Crippen molar-refractivity contribution in [1.82, 2.24) is 0 Å². The van der Waals surface area contributed by atoms with Gasteiger partial charge in [0, 0.05) is 12.0 Å². The topological polar surface area (TPSA) is 35.2 Å². The number of hydrogen-bond donors (Lipinski definition) is 1. The highest BCUT2D eigenvalue weighted by molar-refractivity contribution is 5.71. The highest BCUT2D eigenvalue weighted by atomic mass is 19.1. The molecule has 3 heteroatoms. The maximum absolute atomic E-state index is 12.9. The summed E-state index contributed by atoms with van der Waals surface area (Å²) in [5, 5.41) is 0. The summed E-state index contributed by atoms with van der Waals surface area (Å²) in [6, 6.07) is 13.8. The maximum Gasteiger partial charge on any atom is 0.123 e. The minimum Gasteiger partial charge on any atom is -0.489 e. The third kappa shape index (κ3) is 4.45. The van der Waals surface area contributed by atoms with Crippen LogP contribution in [0.1, 0.15) is 24.5 Å². The van der Waals surface area contributed by atoms with Gasteiger partial charge in [0.15, 0.2) is 0 Å². The number of terminal acetylenes is 1. The quantitative estimate of drug-likeness (QED) is 0.813. The van der Waals surface area contributed by atoms with Crippen LogP contribution in [0.15, 0.2) is 55.1 Å². The molecule has 0 aromatic heterocycles. The summed E-state index contributed by atoms with van der Waals surface area (Å²) >= 11 is 0.